The van der Waals surface area contributed by atoms with Crippen molar-refractivity contribution in [3.8, 4) is 5.75 Å². The van der Waals surface area contributed by atoms with Crippen molar-refractivity contribution in [2.45, 2.75) is 19.8 Å². The molecule has 1 aromatic rings. The predicted octanol–water partition coefficient (Wildman–Crippen LogP) is 3.30. The van der Waals surface area contributed by atoms with Crippen LogP contribution in [0.2, 0.25) is 0 Å². The van der Waals surface area contributed by atoms with E-state index >= 15 is 0 Å². The number of unbranched alkanes of at least 4 members (excludes halogenated alkanes) is 1. The third-order valence-electron chi connectivity index (χ3n) is 2.48. The summed E-state index contributed by atoms with van der Waals surface area (Å²) in [7, 11) is 1.60. The van der Waals surface area contributed by atoms with Gasteiger partial charge in [0.15, 0.2) is 0 Å². The van der Waals surface area contributed by atoms with Crippen molar-refractivity contribution >= 4 is 5.91 Å². The molecule has 0 aliphatic rings. The van der Waals surface area contributed by atoms with Gasteiger partial charge in [-0.25, -0.2) is 0 Å². The van der Waals surface area contributed by atoms with Gasteiger partial charge in [-0.3, -0.25) is 4.79 Å². The number of methoxy groups -OCH3 is 1. The Morgan fingerprint density at radius 3 is 2.56 bits per heavy atom. The molecule has 0 aliphatic heterocycles. The van der Waals surface area contributed by atoms with Gasteiger partial charge in [0, 0.05) is 11.3 Å². The Kier molecular flexibility index (Phi) is 5.71. The first kappa shape index (κ1) is 14.0. The summed E-state index contributed by atoms with van der Waals surface area (Å²) < 4.78 is 5.05. The molecule has 18 heavy (non-hydrogen) atoms. The van der Waals surface area contributed by atoms with Gasteiger partial charge >= 0.3 is 0 Å². The zero-order valence-electron chi connectivity index (χ0n) is 10.9. The number of benzene rings is 1. The normalized spacial score (nSPS) is 10.9. The molecule has 3 nitrogen and oxygen atoms in total. The molecule has 0 heterocycles. The summed E-state index contributed by atoms with van der Waals surface area (Å²) in [6.07, 6.45) is 5.57. The number of carbonyl (C=O) groups is 1. The third kappa shape index (κ3) is 4.09. The Balaban J connectivity index is 2.71. The first-order chi connectivity index (χ1) is 8.71. The summed E-state index contributed by atoms with van der Waals surface area (Å²) in [5, 5.41) is 2.82. The monoisotopic (exact) mass is 245 g/mol. The second-order valence-electron chi connectivity index (χ2n) is 3.83. The molecule has 1 rings (SSSR count). The molecule has 0 saturated heterocycles. The lowest BCUT2D eigenvalue weighted by Gasteiger charge is -2.06. The zero-order chi connectivity index (χ0) is 13.4. The fourth-order valence-electron chi connectivity index (χ4n) is 1.43. The van der Waals surface area contributed by atoms with Crippen LogP contribution in [-0.2, 0) is 0 Å². The molecule has 0 atom stereocenters. The highest BCUT2D eigenvalue weighted by Gasteiger charge is 2.05. The standard InChI is InChI=1S/C15H19NO2/c1-4-6-7-13(5-2)16-15(17)12-8-10-14(18-3)11-9-12/h5,7-11H,2,4,6H2,1,3H3,(H,16,17)/b13-7+. The Morgan fingerprint density at radius 1 is 1.39 bits per heavy atom. The molecular weight excluding hydrogens is 226 g/mol. The average molecular weight is 245 g/mol. The van der Waals surface area contributed by atoms with E-state index in [1.54, 1.807) is 37.5 Å². The summed E-state index contributed by atoms with van der Waals surface area (Å²) in [6.45, 7) is 5.77. The van der Waals surface area contributed by atoms with Crippen LogP contribution in [0.3, 0.4) is 0 Å². The van der Waals surface area contributed by atoms with Crippen molar-refractivity contribution in [1.29, 1.82) is 0 Å². The smallest absolute Gasteiger partial charge is 0.255 e. The van der Waals surface area contributed by atoms with Crippen molar-refractivity contribution in [3.63, 3.8) is 0 Å². The molecule has 0 unspecified atom stereocenters. The Morgan fingerprint density at radius 2 is 2.06 bits per heavy atom. The maximum Gasteiger partial charge on any atom is 0.255 e. The highest BCUT2D eigenvalue weighted by molar-refractivity contribution is 5.95. The van der Waals surface area contributed by atoms with Crippen LogP contribution in [0.5, 0.6) is 5.75 Å². The van der Waals surface area contributed by atoms with E-state index in [1.165, 1.54) is 0 Å². The molecule has 0 aromatic heterocycles. The number of carbonyl (C=O) groups excluding carboxylic acids is 1. The van der Waals surface area contributed by atoms with Gasteiger partial charge in [0.25, 0.3) is 5.91 Å². The number of hydrogen-bond donors (Lipinski definition) is 1. The molecule has 96 valence electrons. The van der Waals surface area contributed by atoms with Gasteiger partial charge in [-0.15, -0.1) is 0 Å². The summed E-state index contributed by atoms with van der Waals surface area (Å²) in [5.41, 5.74) is 1.35. The lowest BCUT2D eigenvalue weighted by molar-refractivity contribution is 0.0967. The molecule has 0 saturated carbocycles. The second-order valence-corrected chi connectivity index (χ2v) is 3.83. The van der Waals surface area contributed by atoms with Crippen LogP contribution >= 0.6 is 0 Å². The number of rotatable bonds is 6. The van der Waals surface area contributed by atoms with E-state index < -0.39 is 0 Å². The Hall–Kier alpha value is -2.03. The van der Waals surface area contributed by atoms with E-state index in [0.29, 0.717) is 5.56 Å². The minimum Gasteiger partial charge on any atom is -0.497 e. The van der Waals surface area contributed by atoms with Gasteiger partial charge in [0.05, 0.1) is 7.11 Å². The van der Waals surface area contributed by atoms with Crippen molar-refractivity contribution < 1.29 is 9.53 Å². The summed E-state index contributed by atoms with van der Waals surface area (Å²) in [4.78, 5) is 11.9. The molecule has 1 aromatic carbocycles. The van der Waals surface area contributed by atoms with Crippen molar-refractivity contribution in [2.75, 3.05) is 7.11 Å². The first-order valence-corrected chi connectivity index (χ1v) is 5.99. The van der Waals surface area contributed by atoms with Crippen LogP contribution in [0.25, 0.3) is 0 Å². The summed E-state index contributed by atoms with van der Waals surface area (Å²) in [5.74, 6) is 0.594. The highest BCUT2D eigenvalue weighted by Crippen LogP contribution is 2.11. The number of nitrogens with one attached hydrogen (secondary N) is 1. The summed E-state index contributed by atoms with van der Waals surface area (Å²) in [6, 6.07) is 6.99. The molecule has 0 spiro atoms. The van der Waals surface area contributed by atoms with Gasteiger partial charge in [-0.2, -0.15) is 0 Å². The fraction of sp³-hybridized carbons (Fsp3) is 0.267. The van der Waals surface area contributed by atoms with Crippen molar-refractivity contribution in [2.24, 2.45) is 0 Å². The van der Waals surface area contributed by atoms with Crippen LogP contribution in [-0.4, -0.2) is 13.0 Å². The molecule has 0 fully saturated rings. The van der Waals surface area contributed by atoms with E-state index in [4.69, 9.17) is 4.74 Å². The average Bonchev–Trinajstić information content (AvgIpc) is 2.43. The molecule has 1 N–H and O–H groups in total. The summed E-state index contributed by atoms with van der Waals surface area (Å²) >= 11 is 0. The van der Waals surface area contributed by atoms with Crippen LogP contribution < -0.4 is 10.1 Å². The van der Waals surface area contributed by atoms with Crippen LogP contribution in [0.15, 0.2) is 48.7 Å². The highest BCUT2D eigenvalue weighted by atomic mass is 16.5. The molecular formula is C15H19NO2. The van der Waals surface area contributed by atoms with Gasteiger partial charge in [0.2, 0.25) is 0 Å². The van der Waals surface area contributed by atoms with Gasteiger partial charge < -0.3 is 10.1 Å². The lowest BCUT2D eigenvalue weighted by Crippen LogP contribution is -2.21. The second kappa shape index (κ2) is 7.33. The number of hydrogen-bond acceptors (Lipinski definition) is 2. The maximum atomic E-state index is 11.9. The minimum atomic E-state index is -0.139. The number of ether oxygens (including phenoxy) is 1. The first-order valence-electron chi connectivity index (χ1n) is 5.99. The quantitative estimate of drug-likeness (QED) is 0.781. The minimum absolute atomic E-state index is 0.139. The molecule has 0 bridgehead atoms. The van der Waals surface area contributed by atoms with Crippen molar-refractivity contribution in [3.05, 3.63) is 54.3 Å². The van der Waals surface area contributed by atoms with E-state index in [-0.39, 0.29) is 5.91 Å². The Labute approximate surface area is 108 Å². The van der Waals surface area contributed by atoms with Crippen LogP contribution in [0.4, 0.5) is 0 Å². The van der Waals surface area contributed by atoms with Crippen molar-refractivity contribution in [1.82, 2.24) is 5.32 Å². The van der Waals surface area contributed by atoms with Gasteiger partial charge in [-0.1, -0.05) is 26.0 Å². The van der Waals surface area contributed by atoms with E-state index in [2.05, 4.69) is 18.8 Å². The van der Waals surface area contributed by atoms with Crippen LogP contribution in [0.1, 0.15) is 30.1 Å². The predicted molar refractivity (Wildman–Crippen MR) is 73.6 cm³/mol. The van der Waals surface area contributed by atoms with Crippen LogP contribution in [0, 0.1) is 0 Å². The molecule has 1 amide bonds. The van der Waals surface area contributed by atoms with Gasteiger partial charge in [-0.05, 0) is 36.8 Å². The molecule has 3 heteroatoms. The fourth-order valence-corrected chi connectivity index (χ4v) is 1.43. The molecule has 0 radical (unpaired) electrons. The van der Waals surface area contributed by atoms with Gasteiger partial charge in [0.1, 0.15) is 5.75 Å². The maximum absolute atomic E-state index is 11.9. The number of allylic oxidation sites excluding steroid dienone is 2. The largest absolute Gasteiger partial charge is 0.497 e. The SMILES string of the molecule is C=C/C(=C\CCC)NC(=O)c1ccc(OC)cc1. The van der Waals surface area contributed by atoms with E-state index in [1.807, 2.05) is 6.08 Å². The lowest BCUT2D eigenvalue weighted by atomic mass is 10.2. The van der Waals surface area contributed by atoms with E-state index in [0.717, 1.165) is 24.3 Å². The third-order valence-corrected chi connectivity index (χ3v) is 2.48. The number of amides is 1. The zero-order valence-corrected chi connectivity index (χ0v) is 10.9. The topological polar surface area (TPSA) is 38.3 Å². The molecule has 0 aliphatic carbocycles. The Bertz CT molecular complexity index is 432. The van der Waals surface area contributed by atoms with E-state index in [9.17, 15) is 4.79 Å².